The fraction of sp³-hybridized carbons (Fsp3) is 0.300. The van der Waals surface area contributed by atoms with E-state index in [9.17, 15) is 10.1 Å². The van der Waals surface area contributed by atoms with Gasteiger partial charge in [0.1, 0.15) is 11.4 Å². The summed E-state index contributed by atoms with van der Waals surface area (Å²) in [4.78, 5) is 9.93. The minimum absolute atomic E-state index is 0.0720. The van der Waals surface area contributed by atoms with Crippen LogP contribution in [0.25, 0.3) is 0 Å². The highest BCUT2D eigenvalue weighted by Gasteiger charge is 2.11. The fourth-order valence-corrected chi connectivity index (χ4v) is 1.13. The van der Waals surface area contributed by atoms with Crippen LogP contribution in [0, 0.1) is 21.4 Å². The van der Waals surface area contributed by atoms with E-state index in [0.29, 0.717) is 25.2 Å². The molecule has 6 heteroatoms. The molecule has 1 aromatic rings. The van der Waals surface area contributed by atoms with Crippen molar-refractivity contribution < 1.29 is 9.66 Å². The lowest BCUT2D eigenvalue weighted by Crippen LogP contribution is -1.99. The van der Waals surface area contributed by atoms with Crippen molar-refractivity contribution in [1.29, 1.82) is 5.26 Å². The van der Waals surface area contributed by atoms with Crippen molar-refractivity contribution in [3.05, 3.63) is 28.3 Å². The van der Waals surface area contributed by atoms with E-state index in [4.69, 9.17) is 15.7 Å². The molecule has 0 fully saturated rings. The van der Waals surface area contributed by atoms with Gasteiger partial charge in [0.25, 0.3) is 5.69 Å². The van der Waals surface area contributed by atoms with Gasteiger partial charge in [-0.05, 0) is 12.5 Å². The molecule has 0 amide bonds. The molecule has 0 atom stereocenters. The number of nitrogens with two attached hydrogens (primary N) is 1. The highest BCUT2D eigenvalue weighted by Crippen LogP contribution is 2.25. The number of nitriles is 1. The van der Waals surface area contributed by atoms with Gasteiger partial charge in [-0.1, -0.05) is 0 Å². The summed E-state index contributed by atoms with van der Waals surface area (Å²) in [6.07, 6.45) is 1.04. The fourth-order valence-electron chi connectivity index (χ4n) is 1.13. The predicted octanol–water partition coefficient (Wildman–Crippen LogP) is 1.86. The number of nitrogen functional groups attached to an aromatic ring is 1. The lowest BCUT2D eigenvalue weighted by atomic mass is 10.2. The average Bonchev–Trinajstić information content (AvgIpc) is 2.24. The van der Waals surface area contributed by atoms with Crippen LogP contribution in [0.2, 0.25) is 0 Å². The summed E-state index contributed by atoms with van der Waals surface area (Å²) in [5, 5.41) is 18.8. The maximum absolute atomic E-state index is 10.5. The monoisotopic (exact) mass is 221 g/mol. The third-order valence-electron chi connectivity index (χ3n) is 1.90. The number of nitrogens with zero attached hydrogens (tertiary/aromatic N) is 2. The van der Waals surface area contributed by atoms with Crippen LogP contribution in [0.1, 0.15) is 12.8 Å². The molecular weight excluding hydrogens is 210 g/mol. The molecule has 2 N–H and O–H groups in total. The summed E-state index contributed by atoms with van der Waals surface area (Å²) >= 11 is 0. The first-order chi connectivity index (χ1) is 7.65. The standard InChI is InChI=1S/C10H11N3O3/c11-5-1-2-6-16-8-3-4-10(13(14)15)9(12)7-8/h3-4,7H,1-2,6,12H2. The van der Waals surface area contributed by atoms with Crippen LogP contribution in [0.3, 0.4) is 0 Å². The summed E-state index contributed by atoms with van der Waals surface area (Å²) in [5.41, 5.74) is 5.42. The summed E-state index contributed by atoms with van der Waals surface area (Å²) < 4.78 is 5.27. The Morgan fingerprint density at radius 3 is 2.88 bits per heavy atom. The van der Waals surface area contributed by atoms with Crippen LogP contribution >= 0.6 is 0 Å². The van der Waals surface area contributed by atoms with Crippen LogP contribution in [0.4, 0.5) is 11.4 Å². The van der Waals surface area contributed by atoms with Crippen LogP contribution in [0.15, 0.2) is 18.2 Å². The molecule has 0 aliphatic carbocycles. The molecule has 0 saturated heterocycles. The summed E-state index contributed by atoms with van der Waals surface area (Å²) in [5.74, 6) is 0.473. The van der Waals surface area contributed by atoms with Crippen molar-refractivity contribution in [2.45, 2.75) is 12.8 Å². The van der Waals surface area contributed by atoms with E-state index in [0.717, 1.165) is 0 Å². The molecule has 84 valence electrons. The van der Waals surface area contributed by atoms with Crippen molar-refractivity contribution in [2.75, 3.05) is 12.3 Å². The van der Waals surface area contributed by atoms with Gasteiger partial charge in [0.15, 0.2) is 0 Å². The van der Waals surface area contributed by atoms with Crippen molar-refractivity contribution in [3.63, 3.8) is 0 Å². The lowest BCUT2D eigenvalue weighted by molar-refractivity contribution is -0.383. The number of rotatable bonds is 5. The quantitative estimate of drug-likeness (QED) is 0.354. The Balaban J connectivity index is 2.60. The van der Waals surface area contributed by atoms with Crippen LogP contribution in [-0.2, 0) is 0 Å². The van der Waals surface area contributed by atoms with Crippen molar-refractivity contribution in [1.82, 2.24) is 0 Å². The number of unbranched alkanes of at least 4 members (excludes halogenated alkanes) is 1. The third kappa shape index (κ3) is 3.13. The van der Waals surface area contributed by atoms with E-state index in [-0.39, 0.29) is 11.4 Å². The normalized spacial score (nSPS) is 9.44. The Hall–Kier alpha value is -2.29. The average molecular weight is 221 g/mol. The van der Waals surface area contributed by atoms with E-state index in [1.54, 1.807) is 0 Å². The largest absolute Gasteiger partial charge is 0.493 e. The first-order valence-corrected chi connectivity index (χ1v) is 4.69. The van der Waals surface area contributed by atoms with Crippen LogP contribution in [-0.4, -0.2) is 11.5 Å². The zero-order valence-corrected chi connectivity index (χ0v) is 8.55. The number of hydrogen-bond donors (Lipinski definition) is 1. The summed E-state index contributed by atoms with van der Waals surface area (Å²) in [7, 11) is 0. The molecule has 0 heterocycles. The van der Waals surface area contributed by atoms with E-state index >= 15 is 0 Å². The predicted molar refractivity (Wildman–Crippen MR) is 57.9 cm³/mol. The molecule has 0 aromatic heterocycles. The maximum Gasteiger partial charge on any atom is 0.292 e. The molecule has 0 bridgehead atoms. The number of nitro benzene ring substituents is 1. The minimum Gasteiger partial charge on any atom is -0.493 e. The van der Waals surface area contributed by atoms with Gasteiger partial charge in [-0.25, -0.2) is 0 Å². The Bertz CT molecular complexity index is 426. The number of ether oxygens (including phenoxy) is 1. The highest BCUT2D eigenvalue weighted by molar-refractivity contribution is 5.60. The Kier molecular flexibility index (Phi) is 4.09. The number of nitro groups is 1. The molecular formula is C10H11N3O3. The highest BCUT2D eigenvalue weighted by atomic mass is 16.6. The maximum atomic E-state index is 10.5. The van der Waals surface area contributed by atoms with Gasteiger partial charge in [0.2, 0.25) is 0 Å². The molecule has 16 heavy (non-hydrogen) atoms. The number of hydrogen-bond acceptors (Lipinski definition) is 5. The van der Waals surface area contributed by atoms with Gasteiger partial charge >= 0.3 is 0 Å². The topological polar surface area (TPSA) is 102 Å². The van der Waals surface area contributed by atoms with Crippen molar-refractivity contribution >= 4 is 11.4 Å². The molecule has 0 radical (unpaired) electrons. The second-order valence-electron chi connectivity index (χ2n) is 3.09. The Morgan fingerprint density at radius 1 is 1.56 bits per heavy atom. The van der Waals surface area contributed by atoms with Gasteiger partial charge in [-0.15, -0.1) is 0 Å². The molecule has 0 aliphatic rings. The van der Waals surface area contributed by atoms with Crippen molar-refractivity contribution in [3.8, 4) is 11.8 Å². The zero-order chi connectivity index (χ0) is 12.0. The molecule has 0 aliphatic heterocycles. The van der Waals surface area contributed by atoms with Gasteiger partial charge in [-0.3, -0.25) is 10.1 Å². The summed E-state index contributed by atoms with van der Waals surface area (Å²) in [6.45, 7) is 0.394. The Morgan fingerprint density at radius 2 is 2.31 bits per heavy atom. The van der Waals surface area contributed by atoms with Crippen molar-refractivity contribution in [2.24, 2.45) is 0 Å². The van der Waals surface area contributed by atoms with E-state index in [1.807, 2.05) is 6.07 Å². The van der Waals surface area contributed by atoms with Crippen LogP contribution < -0.4 is 10.5 Å². The van der Waals surface area contributed by atoms with Gasteiger partial charge < -0.3 is 10.5 Å². The minimum atomic E-state index is -0.547. The first-order valence-electron chi connectivity index (χ1n) is 4.69. The molecule has 0 spiro atoms. The lowest BCUT2D eigenvalue weighted by Gasteiger charge is -2.05. The number of benzene rings is 1. The SMILES string of the molecule is N#CCCCOc1ccc([N+](=O)[O-])c(N)c1. The Labute approximate surface area is 92.4 Å². The molecule has 6 nitrogen and oxygen atoms in total. The second-order valence-corrected chi connectivity index (χ2v) is 3.09. The molecule has 0 unspecified atom stereocenters. The molecule has 0 saturated carbocycles. The molecule has 1 aromatic carbocycles. The third-order valence-corrected chi connectivity index (χ3v) is 1.90. The van der Waals surface area contributed by atoms with E-state index in [1.165, 1.54) is 18.2 Å². The van der Waals surface area contributed by atoms with Gasteiger partial charge in [-0.2, -0.15) is 5.26 Å². The smallest absolute Gasteiger partial charge is 0.292 e. The summed E-state index contributed by atoms with van der Waals surface area (Å²) in [6, 6.07) is 6.19. The molecule has 1 rings (SSSR count). The van der Waals surface area contributed by atoms with E-state index < -0.39 is 4.92 Å². The second kappa shape index (κ2) is 5.56. The van der Waals surface area contributed by atoms with Gasteiger partial charge in [0.05, 0.1) is 17.6 Å². The van der Waals surface area contributed by atoms with Gasteiger partial charge in [0, 0.05) is 18.6 Å². The zero-order valence-electron chi connectivity index (χ0n) is 8.55. The van der Waals surface area contributed by atoms with E-state index in [2.05, 4.69) is 0 Å². The first kappa shape index (κ1) is 11.8. The number of anilines is 1. The van der Waals surface area contributed by atoms with Crippen LogP contribution in [0.5, 0.6) is 5.75 Å².